The number of fused-ring (bicyclic) bond motifs is 1. The van der Waals surface area contributed by atoms with Gasteiger partial charge in [-0.15, -0.1) is 0 Å². The summed E-state index contributed by atoms with van der Waals surface area (Å²) in [6, 6.07) is 0.311. The van der Waals surface area contributed by atoms with Gasteiger partial charge in [0.1, 0.15) is 17.8 Å². The van der Waals surface area contributed by atoms with Crippen LogP contribution in [-0.4, -0.2) is 153 Å². The van der Waals surface area contributed by atoms with Crippen LogP contribution >= 0.6 is 0 Å². The number of rotatable bonds is 7. The lowest BCUT2D eigenvalue weighted by molar-refractivity contribution is -0.314. The van der Waals surface area contributed by atoms with E-state index < -0.39 is 108 Å². The van der Waals surface area contributed by atoms with E-state index in [4.69, 9.17) is 33.2 Å². The molecule has 15 heteroatoms. The number of amidine groups is 1. The Morgan fingerprint density at radius 2 is 1.56 bits per heavy atom. The molecular formula is C40H72N2O13. The predicted molar refractivity (Wildman–Crippen MR) is 203 cm³/mol. The van der Waals surface area contributed by atoms with Gasteiger partial charge in [-0.3, -0.25) is 4.79 Å². The van der Waals surface area contributed by atoms with Crippen molar-refractivity contribution in [3.8, 4) is 0 Å². The van der Waals surface area contributed by atoms with Gasteiger partial charge < -0.3 is 63.6 Å². The second-order valence-corrected chi connectivity index (χ2v) is 18.0. The molecule has 4 saturated heterocycles. The molecular weight excluding hydrogens is 716 g/mol. The molecule has 4 rings (SSSR count). The lowest BCUT2D eigenvalue weighted by Crippen LogP contribution is -2.61. The first-order valence-electron chi connectivity index (χ1n) is 20.2. The van der Waals surface area contributed by atoms with Gasteiger partial charge in [-0.1, -0.05) is 27.7 Å². The van der Waals surface area contributed by atoms with Crippen LogP contribution in [0.25, 0.3) is 0 Å². The van der Waals surface area contributed by atoms with Crippen molar-refractivity contribution < 1.29 is 63.5 Å². The third-order valence-corrected chi connectivity index (χ3v) is 12.8. The van der Waals surface area contributed by atoms with E-state index >= 15 is 0 Å². The van der Waals surface area contributed by atoms with Crippen molar-refractivity contribution in [2.45, 2.75) is 205 Å². The number of aliphatic imine (C=N–C) groups is 1. The first-order valence-corrected chi connectivity index (χ1v) is 20.2. The molecule has 0 saturated carbocycles. The summed E-state index contributed by atoms with van der Waals surface area (Å²) in [6.07, 6.45) is -9.46. The Morgan fingerprint density at radius 1 is 0.927 bits per heavy atom. The van der Waals surface area contributed by atoms with E-state index in [1.54, 1.807) is 48.5 Å². The number of esters is 1. The lowest BCUT2D eigenvalue weighted by Gasteiger charge is -2.49. The monoisotopic (exact) mass is 789 g/mol. The molecule has 4 fully saturated rings. The molecule has 0 aliphatic carbocycles. The van der Waals surface area contributed by atoms with Gasteiger partial charge in [0, 0.05) is 38.5 Å². The Balaban J connectivity index is 1.83. The van der Waals surface area contributed by atoms with Crippen LogP contribution in [0.5, 0.6) is 0 Å². The number of likely N-dealkylation sites (N-methyl/N-ethyl adjacent to an activating group) is 1. The zero-order valence-corrected chi connectivity index (χ0v) is 35.5. The summed E-state index contributed by atoms with van der Waals surface area (Å²) < 4.78 is 44.4. The van der Waals surface area contributed by atoms with E-state index in [0.717, 1.165) is 0 Å². The van der Waals surface area contributed by atoms with Gasteiger partial charge >= 0.3 is 5.97 Å². The normalized spacial score (nSPS) is 50.0. The Bertz CT molecular complexity index is 1320. The number of methoxy groups -OCH3 is 1. The van der Waals surface area contributed by atoms with Crippen LogP contribution in [0.1, 0.15) is 109 Å². The van der Waals surface area contributed by atoms with Crippen LogP contribution < -0.4 is 0 Å². The second-order valence-electron chi connectivity index (χ2n) is 18.0. The van der Waals surface area contributed by atoms with Crippen molar-refractivity contribution in [3.63, 3.8) is 0 Å². The molecule has 0 spiro atoms. The summed E-state index contributed by atoms with van der Waals surface area (Å²) in [5.74, 6) is -4.01. The topological polar surface area (TPSA) is 198 Å². The minimum atomic E-state index is -1.93. The zero-order valence-electron chi connectivity index (χ0n) is 35.5. The minimum Gasteiger partial charge on any atom is -0.459 e. The molecule has 4 heterocycles. The van der Waals surface area contributed by atoms with E-state index in [1.165, 1.54) is 14.0 Å². The smallest absolute Gasteiger partial charge is 0.311 e. The first-order chi connectivity index (χ1) is 25.4. The third kappa shape index (κ3) is 9.63. The largest absolute Gasteiger partial charge is 0.459 e. The van der Waals surface area contributed by atoms with Crippen LogP contribution in [0.2, 0.25) is 0 Å². The number of nitrogens with zero attached hydrogens (tertiary/aromatic N) is 2. The first kappa shape index (κ1) is 46.0. The van der Waals surface area contributed by atoms with Crippen LogP contribution in [0, 0.1) is 23.7 Å². The Kier molecular flexibility index (Phi) is 14.8. The van der Waals surface area contributed by atoms with Crippen LogP contribution in [0.4, 0.5) is 0 Å². The summed E-state index contributed by atoms with van der Waals surface area (Å²) in [6.45, 7) is 20.9. The number of ether oxygens (including phenoxy) is 7. The van der Waals surface area contributed by atoms with Gasteiger partial charge in [0.15, 0.2) is 18.7 Å². The highest BCUT2D eigenvalue weighted by Gasteiger charge is 2.55. The maximum atomic E-state index is 14.2. The maximum Gasteiger partial charge on any atom is 0.311 e. The molecule has 15 nitrogen and oxygen atoms in total. The lowest BCUT2D eigenvalue weighted by atomic mass is 9.73. The van der Waals surface area contributed by atoms with Gasteiger partial charge in [-0.25, -0.2) is 4.99 Å². The molecule has 4 aliphatic heterocycles. The average molecular weight is 789 g/mol. The highest BCUT2D eigenvalue weighted by Crippen LogP contribution is 2.42. The molecule has 55 heavy (non-hydrogen) atoms. The van der Waals surface area contributed by atoms with Crippen molar-refractivity contribution in [1.82, 2.24) is 4.90 Å². The van der Waals surface area contributed by atoms with Crippen molar-refractivity contribution >= 4 is 12.0 Å². The van der Waals surface area contributed by atoms with Gasteiger partial charge in [-0.2, -0.15) is 0 Å². The van der Waals surface area contributed by atoms with Crippen molar-refractivity contribution in [2.24, 2.45) is 28.7 Å². The van der Waals surface area contributed by atoms with E-state index in [0.29, 0.717) is 12.4 Å². The second kappa shape index (κ2) is 17.7. The fourth-order valence-electron chi connectivity index (χ4n) is 9.26. The number of aliphatic hydroxyl groups excluding tert-OH is 3. The van der Waals surface area contributed by atoms with E-state index in [1.807, 2.05) is 39.6 Å². The average Bonchev–Trinajstić information content (AvgIpc) is 3.41. The highest BCUT2D eigenvalue weighted by molar-refractivity contribution is 5.76. The standard InChI is InChI=1S/C40H72N2O13/c1-15-27-40(12,48)32(44)22(6)29(43)20(4)17-38(10,47)34(55-36-31-26(16-21(5)50-36)42(13)37(54-31)41-19(2)3)23(7)30(24(8)35(46)52-27)53-28-18-39(11,49-14)33(45)25(9)51-28/h19-34,36,43-45,47-48H,15-18H2,1-14H3/t20-,21-,22+,23+,24-,25+,26+,27-,28+,29+,30+,31-,32-,33+,34-,36-,38-,39-,40-/m1/s1. The maximum absolute atomic E-state index is 14.2. The quantitative estimate of drug-likeness (QED) is 0.236. The number of aliphatic hydroxyl groups is 5. The summed E-state index contributed by atoms with van der Waals surface area (Å²) >= 11 is 0. The predicted octanol–water partition coefficient (Wildman–Crippen LogP) is 2.75. The molecule has 5 N–H and O–H groups in total. The molecule has 0 amide bonds. The molecule has 320 valence electrons. The van der Waals surface area contributed by atoms with Gasteiger partial charge in [0.25, 0.3) is 6.02 Å². The van der Waals surface area contributed by atoms with Crippen LogP contribution in [0.15, 0.2) is 4.99 Å². The fourth-order valence-corrected chi connectivity index (χ4v) is 9.26. The zero-order chi connectivity index (χ0) is 41.5. The van der Waals surface area contributed by atoms with Gasteiger partial charge in [-0.05, 0) is 80.6 Å². The van der Waals surface area contributed by atoms with Crippen LogP contribution in [0.3, 0.4) is 0 Å². The highest BCUT2D eigenvalue weighted by atomic mass is 16.7. The summed E-state index contributed by atoms with van der Waals surface area (Å²) in [5, 5.41) is 58.4. The molecule has 0 unspecified atom stereocenters. The van der Waals surface area contributed by atoms with Crippen molar-refractivity contribution in [3.05, 3.63) is 0 Å². The Hall–Kier alpha value is -1.66. The van der Waals surface area contributed by atoms with Crippen molar-refractivity contribution in [2.75, 3.05) is 14.2 Å². The number of cyclic esters (lactones) is 1. The summed E-state index contributed by atoms with van der Waals surface area (Å²) in [7, 11) is 3.43. The molecule has 19 atom stereocenters. The minimum absolute atomic E-state index is 0.00673. The number of carbonyl (C=O) groups is 1. The molecule has 0 aromatic rings. The SMILES string of the molecule is CC[C@H]1OC(=O)[C@H](C)[C@@H](O[C@H]2C[C@@](C)(OC)[C@@H](O)[C@H](C)O2)[C@H](C)[C@@H](O[C@H]2O[C@H](C)C[C@H]3[C@H]2OC(=NC(C)C)N3C)[C@](C)(O)C[C@@H](C)[C@H](O)[C@H](C)[C@@H](O)[C@]1(C)O. The van der Waals surface area contributed by atoms with Gasteiger partial charge in [0.05, 0.1) is 59.8 Å². The Labute approximate surface area is 328 Å². The van der Waals surface area contributed by atoms with E-state index in [2.05, 4.69) is 4.99 Å². The number of carbonyl (C=O) groups excluding carboxylic acids is 1. The molecule has 0 bridgehead atoms. The van der Waals surface area contributed by atoms with Gasteiger partial charge in [0.2, 0.25) is 0 Å². The fraction of sp³-hybridized carbons (Fsp3) is 0.950. The summed E-state index contributed by atoms with van der Waals surface area (Å²) in [5.41, 5.74) is -4.67. The number of hydrogen-bond acceptors (Lipinski definition) is 14. The van der Waals surface area contributed by atoms with E-state index in [9.17, 15) is 30.3 Å². The number of hydrogen-bond donors (Lipinski definition) is 5. The summed E-state index contributed by atoms with van der Waals surface area (Å²) in [4.78, 5) is 20.9. The molecule has 0 aromatic heterocycles. The Morgan fingerprint density at radius 3 is 2.15 bits per heavy atom. The molecule has 0 radical (unpaired) electrons. The third-order valence-electron chi connectivity index (χ3n) is 12.8. The molecule has 0 aromatic carbocycles. The van der Waals surface area contributed by atoms with Crippen molar-refractivity contribution in [1.29, 1.82) is 0 Å². The van der Waals surface area contributed by atoms with E-state index in [-0.39, 0.29) is 37.5 Å². The van der Waals surface area contributed by atoms with Crippen LogP contribution in [-0.2, 0) is 38.0 Å². The molecule has 4 aliphatic rings.